The second kappa shape index (κ2) is 5.66. The van der Waals surface area contributed by atoms with Crippen LogP contribution in [0.3, 0.4) is 0 Å². The summed E-state index contributed by atoms with van der Waals surface area (Å²) in [6.45, 7) is 4.20. The Labute approximate surface area is 91.4 Å². The number of benzene rings is 1. The first-order valence-corrected chi connectivity index (χ1v) is 4.49. The fraction of sp³-hybridized carbons (Fsp3) is 0.364. The van der Waals surface area contributed by atoms with Crippen LogP contribution in [0, 0.1) is 19.3 Å². The first-order valence-electron chi connectivity index (χ1n) is 4.49. The van der Waals surface area contributed by atoms with E-state index in [9.17, 15) is 0 Å². The van der Waals surface area contributed by atoms with Crippen LogP contribution in [-0.4, -0.2) is 5.84 Å². The summed E-state index contributed by atoms with van der Waals surface area (Å²) in [6.07, 6.45) is 1.54. The number of nitrogens with one attached hydrogen (secondary N) is 1. The summed E-state index contributed by atoms with van der Waals surface area (Å²) >= 11 is 0. The third-order valence-electron chi connectivity index (χ3n) is 2.29. The number of aryl methyl sites for hydroxylation is 2. The monoisotopic (exact) mass is 212 g/mol. The molecular formula is C11H17ClN2. The number of hydrogen-bond donors (Lipinski definition) is 2. The largest absolute Gasteiger partial charge is 0.388 e. The van der Waals surface area contributed by atoms with Crippen molar-refractivity contribution in [2.24, 2.45) is 5.73 Å². The molecular weight excluding hydrogens is 196 g/mol. The fourth-order valence-corrected chi connectivity index (χ4v) is 1.50. The Morgan fingerprint density at radius 3 is 2.21 bits per heavy atom. The van der Waals surface area contributed by atoms with Crippen molar-refractivity contribution in [2.75, 3.05) is 0 Å². The lowest BCUT2D eigenvalue weighted by Crippen LogP contribution is -2.11. The zero-order valence-electron chi connectivity index (χ0n) is 8.63. The van der Waals surface area contributed by atoms with Gasteiger partial charge in [0, 0.05) is 6.42 Å². The highest BCUT2D eigenvalue weighted by molar-refractivity contribution is 5.85. The van der Waals surface area contributed by atoms with Gasteiger partial charge in [-0.2, -0.15) is 0 Å². The minimum absolute atomic E-state index is 0. The molecule has 3 N–H and O–H groups in total. The maximum atomic E-state index is 7.16. The van der Waals surface area contributed by atoms with E-state index in [4.69, 9.17) is 11.1 Å². The van der Waals surface area contributed by atoms with Gasteiger partial charge in [-0.05, 0) is 37.0 Å². The molecule has 0 aliphatic carbocycles. The van der Waals surface area contributed by atoms with E-state index in [1.165, 1.54) is 16.7 Å². The highest BCUT2D eigenvalue weighted by atomic mass is 35.5. The number of halogens is 1. The predicted octanol–water partition coefficient (Wildman–Crippen LogP) is 2.59. The molecule has 1 aromatic carbocycles. The molecule has 0 fully saturated rings. The zero-order chi connectivity index (χ0) is 9.84. The fourth-order valence-electron chi connectivity index (χ4n) is 1.50. The standard InChI is InChI=1S/C11H16N2.ClH/c1-8-4-3-5-9(2)10(8)6-7-11(12)13;/h3-5H,6-7H2,1-2H3,(H3,12,13);1H. The number of amidine groups is 1. The van der Waals surface area contributed by atoms with Crippen LogP contribution in [-0.2, 0) is 6.42 Å². The third-order valence-corrected chi connectivity index (χ3v) is 2.29. The molecule has 0 aliphatic heterocycles. The summed E-state index contributed by atoms with van der Waals surface area (Å²) < 4.78 is 0. The van der Waals surface area contributed by atoms with Crippen molar-refractivity contribution in [3.63, 3.8) is 0 Å². The van der Waals surface area contributed by atoms with E-state index in [0.29, 0.717) is 6.42 Å². The van der Waals surface area contributed by atoms with E-state index >= 15 is 0 Å². The molecule has 1 aromatic rings. The summed E-state index contributed by atoms with van der Waals surface area (Å²) in [4.78, 5) is 0. The molecule has 0 heterocycles. The third kappa shape index (κ3) is 3.38. The molecule has 14 heavy (non-hydrogen) atoms. The van der Waals surface area contributed by atoms with Crippen molar-refractivity contribution in [3.05, 3.63) is 34.9 Å². The molecule has 0 bridgehead atoms. The van der Waals surface area contributed by atoms with Crippen LogP contribution in [0.4, 0.5) is 0 Å². The van der Waals surface area contributed by atoms with Crippen molar-refractivity contribution in [3.8, 4) is 0 Å². The molecule has 1 rings (SSSR count). The number of rotatable bonds is 3. The van der Waals surface area contributed by atoms with Gasteiger partial charge in [-0.25, -0.2) is 0 Å². The van der Waals surface area contributed by atoms with E-state index < -0.39 is 0 Å². The van der Waals surface area contributed by atoms with Gasteiger partial charge >= 0.3 is 0 Å². The van der Waals surface area contributed by atoms with Crippen LogP contribution >= 0.6 is 12.4 Å². The van der Waals surface area contributed by atoms with E-state index in [1.54, 1.807) is 0 Å². The quantitative estimate of drug-likeness (QED) is 0.587. The Kier molecular flexibility index (Phi) is 5.24. The van der Waals surface area contributed by atoms with Gasteiger partial charge in [0.1, 0.15) is 0 Å². The second-order valence-electron chi connectivity index (χ2n) is 3.40. The molecule has 0 amide bonds. The molecule has 0 atom stereocenters. The summed E-state index contributed by atoms with van der Waals surface area (Å²) in [5.74, 6) is 0.266. The molecule has 0 saturated heterocycles. The Balaban J connectivity index is 0.00000169. The lowest BCUT2D eigenvalue weighted by Gasteiger charge is -2.08. The van der Waals surface area contributed by atoms with Crippen LogP contribution in [0.2, 0.25) is 0 Å². The van der Waals surface area contributed by atoms with Crippen LogP contribution in [0.15, 0.2) is 18.2 Å². The molecule has 2 nitrogen and oxygen atoms in total. The van der Waals surface area contributed by atoms with Crippen LogP contribution < -0.4 is 5.73 Å². The minimum atomic E-state index is 0. The molecule has 0 aliphatic rings. The minimum Gasteiger partial charge on any atom is -0.388 e. The van der Waals surface area contributed by atoms with Crippen molar-refractivity contribution >= 4 is 18.2 Å². The maximum absolute atomic E-state index is 7.16. The molecule has 3 heteroatoms. The lowest BCUT2D eigenvalue weighted by atomic mass is 9.98. The maximum Gasteiger partial charge on any atom is 0.0908 e. The molecule has 0 saturated carbocycles. The summed E-state index contributed by atoms with van der Waals surface area (Å²) in [5.41, 5.74) is 9.24. The first kappa shape index (κ1) is 13.0. The van der Waals surface area contributed by atoms with Gasteiger partial charge in [0.2, 0.25) is 0 Å². The van der Waals surface area contributed by atoms with Gasteiger partial charge in [-0.15, -0.1) is 12.4 Å². The van der Waals surface area contributed by atoms with Gasteiger partial charge in [-0.3, -0.25) is 5.41 Å². The summed E-state index contributed by atoms with van der Waals surface area (Å²) in [6, 6.07) is 6.26. The molecule has 0 unspecified atom stereocenters. The van der Waals surface area contributed by atoms with Crippen LogP contribution in [0.1, 0.15) is 23.1 Å². The van der Waals surface area contributed by atoms with E-state index in [0.717, 1.165) is 6.42 Å². The van der Waals surface area contributed by atoms with Crippen molar-refractivity contribution < 1.29 is 0 Å². The van der Waals surface area contributed by atoms with Crippen molar-refractivity contribution in [1.82, 2.24) is 0 Å². The van der Waals surface area contributed by atoms with Gasteiger partial charge in [0.25, 0.3) is 0 Å². The Bertz CT molecular complexity index is 301. The lowest BCUT2D eigenvalue weighted by molar-refractivity contribution is 0.987. The van der Waals surface area contributed by atoms with Gasteiger partial charge in [-0.1, -0.05) is 18.2 Å². The summed E-state index contributed by atoms with van der Waals surface area (Å²) in [5, 5.41) is 7.16. The number of hydrogen-bond acceptors (Lipinski definition) is 1. The van der Waals surface area contributed by atoms with Crippen LogP contribution in [0.25, 0.3) is 0 Å². The average molecular weight is 213 g/mol. The smallest absolute Gasteiger partial charge is 0.0908 e. The normalized spacial score (nSPS) is 9.29. The van der Waals surface area contributed by atoms with Gasteiger partial charge in [0.15, 0.2) is 0 Å². The van der Waals surface area contributed by atoms with E-state index in [1.807, 2.05) is 0 Å². The highest BCUT2D eigenvalue weighted by Gasteiger charge is 2.01. The van der Waals surface area contributed by atoms with Crippen molar-refractivity contribution in [1.29, 1.82) is 5.41 Å². The Hall–Kier alpha value is -1.02. The molecule has 0 radical (unpaired) electrons. The topological polar surface area (TPSA) is 49.9 Å². The Morgan fingerprint density at radius 1 is 1.29 bits per heavy atom. The van der Waals surface area contributed by atoms with Gasteiger partial charge in [0.05, 0.1) is 5.84 Å². The highest BCUT2D eigenvalue weighted by Crippen LogP contribution is 2.14. The SMILES string of the molecule is Cc1cccc(C)c1CCC(=N)N.Cl. The Morgan fingerprint density at radius 2 is 1.79 bits per heavy atom. The van der Waals surface area contributed by atoms with Gasteiger partial charge < -0.3 is 5.73 Å². The first-order chi connectivity index (χ1) is 6.11. The van der Waals surface area contributed by atoms with E-state index in [2.05, 4.69) is 32.0 Å². The van der Waals surface area contributed by atoms with Crippen LogP contribution in [0.5, 0.6) is 0 Å². The van der Waals surface area contributed by atoms with Crippen molar-refractivity contribution in [2.45, 2.75) is 26.7 Å². The molecule has 0 aromatic heterocycles. The molecule has 0 spiro atoms. The average Bonchev–Trinajstić information content (AvgIpc) is 2.03. The predicted molar refractivity (Wildman–Crippen MR) is 63.4 cm³/mol. The summed E-state index contributed by atoms with van der Waals surface area (Å²) in [7, 11) is 0. The van der Waals surface area contributed by atoms with E-state index in [-0.39, 0.29) is 18.2 Å². The number of nitrogens with two attached hydrogens (primary N) is 1. The second-order valence-corrected chi connectivity index (χ2v) is 3.40. The molecule has 78 valence electrons. The zero-order valence-corrected chi connectivity index (χ0v) is 9.45.